The Morgan fingerprint density at radius 3 is 2.86 bits per heavy atom. The van der Waals surface area contributed by atoms with Crippen LogP contribution in [-0.4, -0.2) is 5.54 Å². The molecule has 1 unspecified atom stereocenters. The Balaban J connectivity index is 2.50. The van der Waals surface area contributed by atoms with Crippen molar-refractivity contribution in [2.24, 2.45) is 0 Å². The predicted molar refractivity (Wildman–Crippen MR) is 62.2 cm³/mol. The molecule has 0 spiro atoms. The molecule has 0 aromatic heterocycles. The van der Waals surface area contributed by atoms with Crippen LogP contribution in [0.2, 0.25) is 5.02 Å². The molecule has 1 aromatic carbocycles. The van der Waals surface area contributed by atoms with Gasteiger partial charge in [0, 0.05) is 16.2 Å². The molecule has 0 saturated carbocycles. The van der Waals surface area contributed by atoms with Crippen LogP contribution in [0.3, 0.4) is 0 Å². The highest BCUT2D eigenvalue weighted by atomic mass is 35.5. The van der Waals surface area contributed by atoms with Crippen LogP contribution < -0.4 is 5.32 Å². The fourth-order valence-electron chi connectivity index (χ4n) is 2.43. The van der Waals surface area contributed by atoms with Gasteiger partial charge in [-0.1, -0.05) is 24.6 Å². The topological polar surface area (TPSA) is 12.0 Å². The number of anilines is 1. The van der Waals surface area contributed by atoms with E-state index in [1.807, 2.05) is 12.1 Å². The second kappa shape index (κ2) is 3.16. The summed E-state index contributed by atoms with van der Waals surface area (Å²) in [6.45, 7) is 6.70. The predicted octanol–water partition coefficient (Wildman–Crippen LogP) is 4.04. The molecule has 1 heterocycles. The zero-order valence-corrected chi connectivity index (χ0v) is 9.65. The van der Waals surface area contributed by atoms with E-state index < -0.39 is 0 Å². The molecule has 1 nitrogen and oxygen atoms in total. The molecule has 2 heteroatoms. The molecular weight excluding hydrogens is 194 g/mol. The lowest BCUT2D eigenvalue weighted by atomic mass is 9.82. The standard InChI is InChI=1S/C12H16ClN/c1-8-7-12(2,3)14-10-6-4-5-9(13)11(8)10/h4-6,8,14H,7H2,1-3H3. The van der Waals surface area contributed by atoms with Crippen molar-refractivity contribution < 1.29 is 0 Å². The highest BCUT2D eigenvalue weighted by Crippen LogP contribution is 2.41. The maximum atomic E-state index is 6.19. The van der Waals surface area contributed by atoms with Crippen LogP contribution in [0.15, 0.2) is 18.2 Å². The van der Waals surface area contributed by atoms with Crippen molar-refractivity contribution in [2.75, 3.05) is 5.32 Å². The van der Waals surface area contributed by atoms with Gasteiger partial charge in [0.15, 0.2) is 0 Å². The number of hydrogen-bond acceptors (Lipinski definition) is 1. The van der Waals surface area contributed by atoms with Crippen LogP contribution in [0.4, 0.5) is 5.69 Å². The minimum absolute atomic E-state index is 0.178. The third kappa shape index (κ3) is 1.61. The molecule has 1 aromatic rings. The molecule has 0 bridgehead atoms. The van der Waals surface area contributed by atoms with Crippen LogP contribution in [0.25, 0.3) is 0 Å². The fraction of sp³-hybridized carbons (Fsp3) is 0.500. The second-order valence-corrected chi connectivity index (χ2v) is 5.22. The van der Waals surface area contributed by atoms with Crippen molar-refractivity contribution in [1.29, 1.82) is 0 Å². The zero-order valence-electron chi connectivity index (χ0n) is 8.89. The van der Waals surface area contributed by atoms with Gasteiger partial charge in [-0.05, 0) is 43.9 Å². The summed E-state index contributed by atoms with van der Waals surface area (Å²) < 4.78 is 0. The van der Waals surface area contributed by atoms with Crippen molar-refractivity contribution in [3.05, 3.63) is 28.8 Å². The normalized spacial score (nSPS) is 23.9. The number of rotatable bonds is 0. The number of halogens is 1. The van der Waals surface area contributed by atoms with Gasteiger partial charge < -0.3 is 5.32 Å². The Morgan fingerprint density at radius 2 is 2.14 bits per heavy atom. The molecule has 1 atom stereocenters. The number of hydrogen-bond donors (Lipinski definition) is 1. The average Bonchev–Trinajstić information content (AvgIpc) is 2.00. The Labute approximate surface area is 90.5 Å². The first-order valence-corrected chi connectivity index (χ1v) is 5.44. The molecule has 0 radical (unpaired) electrons. The summed E-state index contributed by atoms with van der Waals surface area (Å²) >= 11 is 6.19. The van der Waals surface area contributed by atoms with Crippen LogP contribution >= 0.6 is 11.6 Å². The average molecular weight is 210 g/mol. The van der Waals surface area contributed by atoms with Gasteiger partial charge in [0.25, 0.3) is 0 Å². The minimum atomic E-state index is 0.178. The highest BCUT2D eigenvalue weighted by molar-refractivity contribution is 6.31. The largest absolute Gasteiger partial charge is 0.380 e. The smallest absolute Gasteiger partial charge is 0.0461 e. The number of benzene rings is 1. The van der Waals surface area contributed by atoms with Gasteiger partial charge in [-0.15, -0.1) is 0 Å². The van der Waals surface area contributed by atoms with Crippen molar-refractivity contribution in [2.45, 2.75) is 38.6 Å². The SMILES string of the molecule is CC1CC(C)(C)Nc2cccc(Cl)c21. The first kappa shape index (κ1) is 9.85. The van der Waals surface area contributed by atoms with Gasteiger partial charge in [-0.3, -0.25) is 0 Å². The summed E-state index contributed by atoms with van der Waals surface area (Å²) in [6.07, 6.45) is 1.13. The first-order valence-electron chi connectivity index (χ1n) is 5.06. The van der Waals surface area contributed by atoms with Crippen LogP contribution in [-0.2, 0) is 0 Å². The van der Waals surface area contributed by atoms with E-state index in [1.165, 1.54) is 11.3 Å². The van der Waals surface area contributed by atoms with Gasteiger partial charge in [0.05, 0.1) is 0 Å². The third-order valence-corrected chi connectivity index (χ3v) is 3.16. The number of fused-ring (bicyclic) bond motifs is 1. The second-order valence-electron chi connectivity index (χ2n) is 4.82. The van der Waals surface area contributed by atoms with Gasteiger partial charge in [0.2, 0.25) is 0 Å². The van der Waals surface area contributed by atoms with Crippen molar-refractivity contribution in [1.82, 2.24) is 0 Å². The molecule has 0 saturated heterocycles. The van der Waals surface area contributed by atoms with E-state index in [0.29, 0.717) is 5.92 Å². The summed E-state index contributed by atoms with van der Waals surface area (Å²) in [6, 6.07) is 6.08. The fourth-order valence-corrected chi connectivity index (χ4v) is 2.79. The van der Waals surface area contributed by atoms with Gasteiger partial charge in [-0.2, -0.15) is 0 Å². The van der Waals surface area contributed by atoms with Gasteiger partial charge in [-0.25, -0.2) is 0 Å². The van der Waals surface area contributed by atoms with Crippen molar-refractivity contribution in [3.63, 3.8) is 0 Å². The number of nitrogens with one attached hydrogen (secondary N) is 1. The Morgan fingerprint density at radius 1 is 1.43 bits per heavy atom. The van der Waals surface area contributed by atoms with Crippen LogP contribution in [0.5, 0.6) is 0 Å². The molecule has 1 aliphatic heterocycles. The first-order chi connectivity index (χ1) is 6.49. The lowest BCUT2D eigenvalue weighted by Crippen LogP contribution is -2.36. The van der Waals surface area contributed by atoms with Crippen LogP contribution in [0, 0.1) is 0 Å². The lowest BCUT2D eigenvalue weighted by molar-refractivity contribution is 0.454. The van der Waals surface area contributed by atoms with E-state index >= 15 is 0 Å². The molecule has 76 valence electrons. The molecule has 0 amide bonds. The quantitative estimate of drug-likeness (QED) is 0.680. The maximum Gasteiger partial charge on any atom is 0.0461 e. The van der Waals surface area contributed by atoms with Crippen molar-refractivity contribution >= 4 is 17.3 Å². The van der Waals surface area contributed by atoms with E-state index in [9.17, 15) is 0 Å². The van der Waals surface area contributed by atoms with Gasteiger partial charge >= 0.3 is 0 Å². The van der Waals surface area contributed by atoms with E-state index in [4.69, 9.17) is 11.6 Å². The third-order valence-electron chi connectivity index (χ3n) is 2.84. The molecule has 0 fully saturated rings. The maximum absolute atomic E-state index is 6.19. The van der Waals surface area contributed by atoms with E-state index in [2.05, 4.69) is 32.2 Å². The summed E-state index contributed by atoms with van der Waals surface area (Å²) in [5.41, 5.74) is 2.65. The van der Waals surface area contributed by atoms with Gasteiger partial charge in [0.1, 0.15) is 0 Å². The van der Waals surface area contributed by atoms with E-state index in [-0.39, 0.29) is 5.54 Å². The molecule has 14 heavy (non-hydrogen) atoms. The summed E-state index contributed by atoms with van der Waals surface area (Å²) in [4.78, 5) is 0. The summed E-state index contributed by atoms with van der Waals surface area (Å²) in [7, 11) is 0. The minimum Gasteiger partial charge on any atom is -0.380 e. The molecular formula is C12H16ClN. The lowest BCUT2D eigenvalue weighted by Gasteiger charge is -2.38. The van der Waals surface area contributed by atoms with Crippen molar-refractivity contribution in [3.8, 4) is 0 Å². The molecule has 2 rings (SSSR count). The summed E-state index contributed by atoms with van der Waals surface area (Å²) in [5.74, 6) is 0.537. The molecule has 0 aliphatic carbocycles. The zero-order chi connectivity index (χ0) is 10.3. The molecule has 1 N–H and O–H groups in total. The molecule has 1 aliphatic rings. The van der Waals surface area contributed by atoms with E-state index in [1.54, 1.807) is 0 Å². The Kier molecular flexibility index (Phi) is 2.23. The monoisotopic (exact) mass is 209 g/mol. The van der Waals surface area contributed by atoms with E-state index in [0.717, 1.165) is 11.4 Å². The highest BCUT2D eigenvalue weighted by Gasteiger charge is 2.30. The Bertz CT molecular complexity index is 357. The Hall–Kier alpha value is -0.690. The van der Waals surface area contributed by atoms with Crippen LogP contribution in [0.1, 0.15) is 38.7 Å². The summed E-state index contributed by atoms with van der Waals surface area (Å²) in [5, 5.41) is 4.41.